The summed E-state index contributed by atoms with van der Waals surface area (Å²) in [6.45, 7) is 2.06. The van der Waals surface area contributed by atoms with E-state index in [9.17, 15) is 5.11 Å². The van der Waals surface area contributed by atoms with Crippen LogP contribution >= 0.6 is 11.8 Å². The van der Waals surface area contributed by atoms with Crippen molar-refractivity contribution in [2.75, 3.05) is 31.3 Å². The zero-order valence-electron chi connectivity index (χ0n) is 9.61. The number of hydrogen-bond donors (Lipinski definition) is 1. The molecule has 3 aliphatic rings. The van der Waals surface area contributed by atoms with E-state index in [4.69, 9.17) is 9.47 Å². The van der Waals surface area contributed by atoms with Crippen molar-refractivity contribution < 1.29 is 14.6 Å². The third-order valence-corrected chi connectivity index (χ3v) is 5.57. The van der Waals surface area contributed by atoms with Crippen molar-refractivity contribution in [2.24, 2.45) is 5.92 Å². The first kappa shape index (κ1) is 11.3. The van der Waals surface area contributed by atoms with Crippen molar-refractivity contribution in [3.8, 4) is 0 Å². The third kappa shape index (κ3) is 1.90. The van der Waals surface area contributed by atoms with E-state index in [0.717, 1.165) is 44.6 Å². The maximum atomic E-state index is 10.6. The van der Waals surface area contributed by atoms with Crippen LogP contribution in [0.2, 0.25) is 0 Å². The highest BCUT2D eigenvalue weighted by Crippen LogP contribution is 2.45. The van der Waals surface area contributed by atoms with Crippen molar-refractivity contribution in [2.45, 2.75) is 36.9 Å². The first-order valence-electron chi connectivity index (χ1n) is 6.24. The van der Waals surface area contributed by atoms with Gasteiger partial charge in [-0.3, -0.25) is 0 Å². The summed E-state index contributed by atoms with van der Waals surface area (Å²) in [6.07, 6.45) is 3.98. The largest absolute Gasteiger partial charge is 0.387 e. The highest BCUT2D eigenvalue weighted by Gasteiger charge is 2.48. The van der Waals surface area contributed by atoms with Gasteiger partial charge in [0, 0.05) is 25.4 Å². The Kier molecular flexibility index (Phi) is 2.94. The molecule has 0 aliphatic carbocycles. The fourth-order valence-corrected chi connectivity index (χ4v) is 4.62. The van der Waals surface area contributed by atoms with Crippen LogP contribution in [0, 0.1) is 5.92 Å². The van der Waals surface area contributed by atoms with Gasteiger partial charge in [0.25, 0.3) is 0 Å². The van der Waals surface area contributed by atoms with E-state index in [1.807, 2.05) is 11.8 Å². The second-order valence-electron chi connectivity index (χ2n) is 5.43. The minimum atomic E-state index is -0.565. The van der Waals surface area contributed by atoms with Gasteiger partial charge in [-0.25, -0.2) is 0 Å². The third-order valence-electron chi connectivity index (χ3n) is 4.35. The number of thioether (sulfide) groups is 1. The molecule has 3 atom stereocenters. The van der Waals surface area contributed by atoms with Crippen LogP contribution in [0.3, 0.4) is 0 Å². The van der Waals surface area contributed by atoms with Gasteiger partial charge in [-0.1, -0.05) is 0 Å². The molecule has 1 spiro atoms. The molecule has 3 fully saturated rings. The van der Waals surface area contributed by atoms with Crippen molar-refractivity contribution in [1.29, 1.82) is 0 Å². The second kappa shape index (κ2) is 4.16. The van der Waals surface area contributed by atoms with Gasteiger partial charge in [0.2, 0.25) is 0 Å². The standard InChI is InChI=1S/C12H20O3S/c13-12(2-5-14-8-12)10-1-4-15-11(7-10)3-6-16-9-11/h10,13H,1-9H2. The van der Waals surface area contributed by atoms with Crippen LogP contribution in [0.1, 0.15) is 25.7 Å². The molecule has 0 saturated carbocycles. The topological polar surface area (TPSA) is 38.7 Å². The van der Waals surface area contributed by atoms with Crippen molar-refractivity contribution in [3.63, 3.8) is 0 Å². The van der Waals surface area contributed by atoms with Gasteiger partial charge in [-0.05, 0) is 30.9 Å². The molecule has 3 rings (SSSR count). The van der Waals surface area contributed by atoms with Crippen molar-refractivity contribution in [3.05, 3.63) is 0 Å². The Hall–Kier alpha value is 0.230. The predicted molar refractivity (Wildman–Crippen MR) is 63.7 cm³/mol. The van der Waals surface area contributed by atoms with Gasteiger partial charge < -0.3 is 14.6 Å². The summed E-state index contributed by atoms with van der Waals surface area (Å²) in [5.74, 6) is 2.70. The minimum Gasteiger partial charge on any atom is -0.387 e. The van der Waals surface area contributed by atoms with E-state index in [1.54, 1.807) is 0 Å². The van der Waals surface area contributed by atoms with Crippen molar-refractivity contribution in [1.82, 2.24) is 0 Å². The summed E-state index contributed by atoms with van der Waals surface area (Å²) in [5, 5.41) is 10.6. The molecule has 0 aromatic rings. The highest BCUT2D eigenvalue weighted by molar-refractivity contribution is 7.99. The Morgan fingerprint density at radius 1 is 1.25 bits per heavy atom. The zero-order chi connectivity index (χ0) is 11.1. The average Bonchev–Trinajstić information content (AvgIpc) is 2.90. The molecule has 3 nitrogen and oxygen atoms in total. The first-order chi connectivity index (χ1) is 7.73. The normalized spacial score (nSPS) is 48.9. The lowest BCUT2D eigenvalue weighted by Crippen LogP contribution is -2.49. The van der Waals surface area contributed by atoms with Crippen LogP contribution in [-0.4, -0.2) is 47.6 Å². The molecular weight excluding hydrogens is 224 g/mol. The molecule has 3 heterocycles. The smallest absolute Gasteiger partial charge is 0.0931 e. The molecule has 0 radical (unpaired) electrons. The maximum Gasteiger partial charge on any atom is 0.0931 e. The molecule has 3 unspecified atom stereocenters. The van der Waals surface area contributed by atoms with Crippen LogP contribution in [-0.2, 0) is 9.47 Å². The van der Waals surface area contributed by atoms with Crippen LogP contribution in [0.5, 0.6) is 0 Å². The molecule has 4 heteroatoms. The van der Waals surface area contributed by atoms with Crippen LogP contribution < -0.4 is 0 Å². The number of ether oxygens (including phenoxy) is 2. The molecule has 0 aromatic heterocycles. The summed E-state index contributed by atoms with van der Waals surface area (Å²) in [4.78, 5) is 0. The van der Waals surface area contributed by atoms with Crippen LogP contribution in [0.4, 0.5) is 0 Å². The summed E-state index contributed by atoms with van der Waals surface area (Å²) < 4.78 is 11.4. The highest BCUT2D eigenvalue weighted by atomic mass is 32.2. The Labute approximate surface area is 101 Å². The van der Waals surface area contributed by atoms with E-state index < -0.39 is 5.60 Å². The van der Waals surface area contributed by atoms with Gasteiger partial charge in [-0.2, -0.15) is 11.8 Å². The van der Waals surface area contributed by atoms with Crippen LogP contribution in [0.25, 0.3) is 0 Å². The minimum absolute atomic E-state index is 0.0753. The fourth-order valence-electron chi connectivity index (χ4n) is 3.24. The summed E-state index contributed by atoms with van der Waals surface area (Å²) in [6, 6.07) is 0. The van der Waals surface area contributed by atoms with Gasteiger partial charge in [-0.15, -0.1) is 0 Å². The quantitative estimate of drug-likeness (QED) is 0.757. The molecule has 3 aliphatic heterocycles. The van der Waals surface area contributed by atoms with E-state index in [-0.39, 0.29) is 5.60 Å². The Morgan fingerprint density at radius 3 is 2.88 bits per heavy atom. The Morgan fingerprint density at radius 2 is 2.19 bits per heavy atom. The fraction of sp³-hybridized carbons (Fsp3) is 1.00. The van der Waals surface area contributed by atoms with E-state index in [2.05, 4.69) is 0 Å². The van der Waals surface area contributed by atoms with E-state index in [0.29, 0.717) is 12.5 Å². The molecule has 3 saturated heterocycles. The number of aliphatic hydroxyl groups is 1. The van der Waals surface area contributed by atoms with Crippen molar-refractivity contribution >= 4 is 11.8 Å². The van der Waals surface area contributed by atoms with E-state index in [1.165, 1.54) is 5.75 Å². The average molecular weight is 244 g/mol. The monoisotopic (exact) mass is 244 g/mol. The molecule has 0 amide bonds. The molecule has 0 aromatic carbocycles. The van der Waals surface area contributed by atoms with Gasteiger partial charge in [0.15, 0.2) is 0 Å². The number of rotatable bonds is 1. The summed E-state index contributed by atoms with van der Waals surface area (Å²) in [5.41, 5.74) is -0.490. The maximum absolute atomic E-state index is 10.6. The van der Waals surface area contributed by atoms with Gasteiger partial charge >= 0.3 is 0 Å². The van der Waals surface area contributed by atoms with Gasteiger partial charge in [0.05, 0.1) is 17.8 Å². The summed E-state index contributed by atoms with van der Waals surface area (Å²) in [7, 11) is 0. The molecule has 92 valence electrons. The molecule has 0 bridgehead atoms. The predicted octanol–water partition coefficient (Wildman–Crippen LogP) is 1.44. The summed E-state index contributed by atoms with van der Waals surface area (Å²) >= 11 is 1.99. The zero-order valence-corrected chi connectivity index (χ0v) is 10.4. The Balaban J connectivity index is 1.72. The van der Waals surface area contributed by atoms with Crippen LogP contribution in [0.15, 0.2) is 0 Å². The molecular formula is C12H20O3S. The first-order valence-corrected chi connectivity index (χ1v) is 7.40. The second-order valence-corrected chi connectivity index (χ2v) is 6.54. The number of hydrogen-bond acceptors (Lipinski definition) is 4. The molecule has 16 heavy (non-hydrogen) atoms. The van der Waals surface area contributed by atoms with Gasteiger partial charge in [0.1, 0.15) is 0 Å². The SMILES string of the molecule is OC1(C2CCOC3(CCSC3)C2)CCOC1. The lowest BCUT2D eigenvalue weighted by molar-refractivity contribution is -0.131. The molecule has 1 N–H and O–H groups in total. The Bertz CT molecular complexity index is 247. The van der Waals surface area contributed by atoms with E-state index >= 15 is 0 Å². The lowest BCUT2D eigenvalue weighted by atomic mass is 9.75. The lowest BCUT2D eigenvalue weighted by Gasteiger charge is -2.43.